The Balaban J connectivity index is 2.08. The lowest BCUT2D eigenvalue weighted by Crippen LogP contribution is -2.20. The zero-order valence-corrected chi connectivity index (χ0v) is 18.1. The molecule has 9 heteroatoms. The predicted molar refractivity (Wildman–Crippen MR) is 114 cm³/mol. The Morgan fingerprint density at radius 2 is 1.97 bits per heavy atom. The SMILES string of the molecule is CCOCCn1c(=NC(=O)c2ccc(F)cc2Cl)sc2cc(C(=O)OCC)ccc21. The van der Waals surface area contributed by atoms with Crippen LogP contribution in [-0.4, -0.2) is 36.3 Å². The summed E-state index contributed by atoms with van der Waals surface area (Å²) in [6.07, 6.45) is 0. The molecule has 3 aromatic rings. The van der Waals surface area contributed by atoms with Crippen LogP contribution in [0.25, 0.3) is 10.2 Å². The molecule has 30 heavy (non-hydrogen) atoms. The van der Waals surface area contributed by atoms with Gasteiger partial charge in [0.1, 0.15) is 5.82 Å². The van der Waals surface area contributed by atoms with Gasteiger partial charge < -0.3 is 14.0 Å². The number of thiazole rings is 1. The molecule has 3 rings (SSSR count). The van der Waals surface area contributed by atoms with Crippen molar-refractivity contribution >= 4 is 45.0 Å². The van der Waals surface area contributed by atoms with Crippen molar-refractivity contribution in [1.82, 2.24) is 4.57 Å². The van der Waals surface area contributed by atoms with Crippen LogP contribution >= 0.6 is 22.9 Å². The van der Waals surface area contributed by atoms with Gasteiger partial charge in [0.2, 0.25) is 0 Å². The standard InChI is InChI=1S/C21H20ClFN2O4S/c1-3-28-10-9-25-17-8-5-13(20(27)29-4-2)11-18(17)30-21(25)24-19(26)15-7-6-14(23)12-16(15)22/h5-8,11-12H,3-4,9-10H2,1-2H3. The van der Waals surface area contributed by atoms with Gasteiger partial charge in [-0.05, 0) is 50.2 Å². The van der Waals surface area contributed by atoms with Crippen molar-refractivity contribution in [3.8, 4) is 0 Å². The van der Waals surface area contributed by atoms with Gasteiger partial charge in [0.15, 0.2) is 4.80 Å². The van der Waals surface area contributed by atoms with E-state index >= 15 is 0 Å². The quantitative estimate of drug-likeness (QED) is 0.394. The minimum absolute atomic E-state index is 0.00433. The number of benzene rings is 2. The second kappa shape index (κ2) is 9.97. The minimum atomic E-state index is -0.581. The number of carbonyl (C=O) groups excluding carboxylic acids is 2. The van der Waals surface area contributed by atoms with Crippen LogP contribution < -0.4 is 4.80 Å². The van der Waals surface area contributed by atoms with E-state index in [0.29, 0.717) is 30.1 Å². The van der Waals surface area contributed by atoms with Gasteiger partial charge in [0.05, 0.1) is 39.6 Å². The number of hydrogen-bond donors (Lipinski definition) is 0. The number of aromatic nitrogens is 1. The number of ether oxygens (including phenoxy) is 2. The molecule has 0 radical (unpaired) electrons. The van der Waals surface area contributed by atoms with Crippen LogP contribution in [0.5, 0.6) is 0 Å². The summed E-state index contributed by atoms with van der Waals surface area (Å²) in [4.78, 5) is 29.4. The highest BCUT2D eigenvalue weighted by Crippen LogP contribution is 2.21. The van der Waals surface area contributed by atoms with Gasteiger partial charge in [0.25, 0.3) is 5.91 Å². The monoisotopic (exact) mass is 450 g/mol. The Bertz CT molecular complexity index is 1160. The molecule has 0 bridgehead atoms. The average molecular weight is 451 g/mol. The first-order valence-electron chi connectivity index (χ1n) is 9.37. The van der Waals surface area contributed by atoms with Gasteiger partial charge >= 0.3 is 5.97 Å². The molecule has 0 aliphatic rings. The second-order valence-electron chi connectivity index (χ2n) is 6.18. The largest absolute Gasteiger partial charge is 0.462 e. The molecule has 1 amide bonds. The van der Waals surface area contributed by atoms with E-state index in [-0.39, 0.29) is 17.2 Å². The van der Waals surface area contributed by atoms with Crippen molar-refractivity contribution in [2.75, 3.05) is 19.8 Å². The van der Waals surface area contributed by atoms with Crippen molar-refractivity contribution in [3.63, 3.8) is 0 Å². The topological polar surface area (TPSA) is 69.9 Å². The van der Waals surface area contributed by atoms with Crippen LogP contribution in [0.3, 0.4) is 0 Å². The average Bonchev–Trinajstić information content (AvgIpc) is 3.04. The molecule has 0 N–H and O–H groups in total. The molecule has 2 aromatic carbocycles. The molecular weight excluding hydrogens is 431 g/mol. The van der Waals surface area contributed by atoms with Gasteiger partial charge in [0, 0.05) is 13.2 Å². The third kappa shape index (κ3) is 4.95. The molecule has 0 saturated carbocycles. The smallest absolute Gasteiger partial charge is 0.338 e. The van der Waals surface area contributed by atoms with E-state index in [2.05, 4.69) is 4.99 Å². The molecule has 0 unspecified atom stereocenters. The third-order valence-corrected chi connectivity index (χ3v) is 5.57. The summed E-state index contributed by atoms with van der Waals surface area (Å²) in [5.74, 6) is -1.53. The molecule has 158 valence electrons. The van der Waals surface area contributed by atoms with Crippen molar-refractivity contribution in [3.05, 3.63) is 63.2 Å². The number of hydrogen-bond acceptors (Lipinski definition) is 5. The predicted octanol–water partition coefficient (Wildman–Crippen LogP) is 4.45. The van der Waals surface area contributed by atoms with Crippen molar-refractivity contribution < 1.29 is 23.5 Å². The number of fused-ring (bicyclic) bond motifs is 1. The van der Waals surface area contributed by atoms with Gasteiger partial charge in [-0.1, -0.05) is 22.9 Å². The zero-order valence-electron chi connectivity index (χ0n) is 16.5. The first-order valence-corrected chi connectivity index (χ1v) is 10.6. The fourth-order valence-electron chi connectivity index (χ4n) is 2.83. The molecule has 0 aliphatic carbocycles. The molecule has 0 aliphatic heterocycles. The van der Waals surface area contributed by atoms with E-state index in [9.17, 15) is 14.0 Å². The Morgan fingerprint density at radius 3 is 2.67 bits per heavy atom. The lowest BCUT2D eigenvalue weighted by molar-refractivity contribution is 0.0526. The molecule has 0 atom stereocenters. The van der Waals surface area contributed by atoms with Crippen molar-refractivity contribution in [2.24, 2.45) is 4.99 Å². The maximum absolute atomic E-state index is 13.3. The fraction of sp³-hybridized carbons (Fsp3) is 0.286. The van der Waals surface area contributed by atoms with E-state index in [4.69, 9.17) is 21.1 Å². The number of halogens is 2. The summed E-state index contributed by atoms with van der Waals surface area (Å²) in [6, 6.07) is 8.72. The van der Waals surface area contributed by atoms with Gasteiger partial charge in [-0.3, -0.25) is 4.79 Å². The summed E-state index contributed by atoms with van der Waals surface area (Å²) >= 11 is 7.26. The fourth-order valence-corrected chi connectivity index (χ4v) is 4.17. The Morgan fingerprint density at radius 1 is 1.17 bits per heavy atom. The Labute approximate surface area is 181 Å². The van der Waals surface area contributed by atoms with Gasteiger partial charge in [-0.25, -0.2) is 9.18 Å². The highest BCUT2D eigenvalue weighted by Gasteiger charge is 2.14. The lowest BCUT2D eigenvalue weighted by atomic mass is 10.2. The van der Waals surface area contributed by atoms with Crippen LogP contribution in [-0.2, 0) is 16.0 Å². The number of esters is 1. The zero-order chi connectivity index (χ0) is 21.7. The normalized spacial score (nSPS) is 11.8. The molecular formula is C21H20ClFN2O4S. The van der Waals surface area contributed by atoms with E-state index in [0.717, 1.165) is 22.3 Å². The van der Waals surface area contributed by atoms with E-state index in [1.807, 2.05) is 11.5 Å². The molecule has 1 aromatic heterocycles. The molecule has 1 heterocycles. The van der Waals surface area contributed by atoms with Crippen molar-refractivity contribution in [2.45, 2.75) is 20.4 Å². The lowest BCUT2D eigenvalue weighted by Gasteiger charge is -2.06. The number of nitrogens with zero attached hydrogens (tertiary/aromatic N) is 2. The van der Waals surface area contributed by atoms with Gasteiger partial charge in [-0.15, -0.1) is 0 Å². The Hall–Kier alpha value is -2.55. The van der Waals surface area contributed by atoms with Crippen LogP contribution in [0.15, 0.2) is 41.4 Å². The summed E-state index contributed by atoms with van der Waals surface area (Å²) in [5, 5.41) is -0.00433. The maximum atomic E-state index is 13.3. The highest BCUT2D eigenvalue weighted by atomic mass is 35.5. The van der Waals surface area contributed by atoms with Crippen molar-refractivity contribution in [1.29, 1.82) is 0 Å². The summed E-state index contributed by atoms with van der Waals surface area (Å²) in [7, 11) is 0. The maximum Gasteiger partial charge on any atom is 0.338 e. The van der Waals surface area contributed by atoms with Crippen LogP contribution in [0.4, 0.5) is 4.39 Å². The summed E-state index contributed by atoms with van der Waals surface area (Å²) < 4.78 is 26.4. The Kier molecular flexibility index (Phi) is 7.36. The molecule has 0 fully saturated rings. The summed E-state index contributed by atoms with van der Waals surface area (Å²) in [6.45, 7) is 5.38. The first-order chi connectivity index (χ1) is 14.4. The molecule has 0 saturated heterocycles. The molecule has 0 spiro atoms. The van der Waals surface area contributed by atoms with E-state index in [1.54, 1.807) is 25.1 Å². The molecule has 6 nitrogen and oxygen atoms in total. The van der Waals surface area contributed by atoms with E-state index in [1.165, 1.54) is 17.4 Å². The van der Waals surface area contributed by atoms with Crippen LogP contribution in [0, 0.1) is 5.82 Å². The highest BCUT2D eigenvalue weighted by molar-refractivity contribution is 7.16. The van der Waals surface area contributed by atoms with Gasteiger partial charge in [-0.2, -0.15) is 4.99 Å². The first kappa shape index (κ1) is 22.1. The van der Waals surface area contributed by atoms with Crippen LogP contribution in [0.1, 0.15) is 34.6 Å². The number of carbonyl (C=O) groups is 2. The van der Waals surface area contributed by atoms with Crippen LogP contribution in [0.2, 0.25) is 5.02 Å². The second-order valence-corrected chi connectivity index (χ2v) is 7.59. The van der Waals surface area contributed by atoms with E-state index < -0.39 is 17.7 Å². The number of amides is 1. The summed E-state index contributed by atoms with van der Waals surface area (Å²) in [5.41, 5.74) is 1.34. The third-order valence-electron chi connectivity index (χ3n) is 4.22. The number of rotatable bonds is 7. The minimum Gasteiger partial charge on any atom is -0.462 e.